The summed E-state index contributed by atoms with van der Waals surface area (Å²) < 4.78 is 12.9. The minimum absolute atomic E-state index is 0.104. The molecule has 4 atom stereocenters. The van der Waals surface area contributed by atoms with Crippen LogP contribution >= 0.6 is 0 Å². The Kier molecular flexibility index (Phi) is 6.53. The topological polar surface area (TPSA) is 53.9 Å². The Labute approximate surface area is 149 Å². The summed E-state index contributed by atoms with van der Waals surface area (Å²) >= 11 is 0. The maximum atomic E-state index is 12.9. The van der Waals surface area contributed by atoms with E-state index < -0.39 is 0 Å². The van der Waals surface area contributed by atoms with Crippen molar-refractivity contribution in [1.82, 2.24) is 4.90 Å². The molecule has 1 fully saturated rings. The molecule has 0 aromatic heterocycles. The van der Waals surface area contributed by atoms with Crippen molar-refractivity contribution in [2.24, 2.45) is 0 Å². The monoisotopic (exact) mass is 350 g/mol. The first kappa shape index (κ1) is 19.4. The van der Waals surface area contributed by atoms with Crippen LogP contribution in [0.5, 0.6) is 0 Å². The van der Waals surface area contributed by atoms with E-state index in [1.165, 1.54) is 24.3 Å². The van der Waals surface area contributed by atoms with Gasteiger partial charge < -0.3 is 15.1 Å². The number of piperidine rings is 1. The van der Waals surface area contributed by atoms with E-state index in [9.17, 15) is 14.0 Å². The normalized spacial score (nSPS) is 23.0. The molecular formula is C19H29FN3O2+. The standard InChI is InChI=1S/C19H28FN3O2/c1-13-6-5-7-14(2)23(13)19(25)15(3)22(4)12-18(24)21-17-10-8-16(20)9-11-17/h8-11,13-15H,5-7,12H2,1-4H3,(H,21,24)/p+1/t13-,14+,15-/m1/s1. The number of anilines is 1. The number of rotatable bonds is 5. The summed E-state index contributed by atoms with van der Waals surface area (Å²) in [6.07, 6.45) is 3.23. The summed E-state index contributed by atoms with van der Waals surface area (Å²) in [6, 6.07) is 5.86. The molecule has 0 bridgehead atoms. The van der Waals surface area contributed by atoms with Gasteiger partial charge in [0.25, 0.3) is 11.8 Å². The van der Waals surface area contributed by atoms with E-state index in [0.29, 0.717) is 5.69 Å². The van der Waals surface area contributed by atoms with Gasteiger partial charge in [0.1, 0.15) is 5.82 Å². The summed E-state index contributed by atoms with van der Waals surface area (Å²) in [5, 5.41) is 2.74. The lowest BCUT2D eigenvalue weighted by atomic mass is 9.96. The number of carbonyl (C=O) groups is 2. The van der Waals surface area contributed by atoms with Crippen molar-refractivity contribution in [3.05, 3.63) is 30.1 Å². The van der Waals surface area contributed by atoms with Gasteiger partial charge in [0.05, 0.1) is 7.05 Å². The van der Waals surface area contributed by atoms with Gasteiger partial charge >= 0.3 is 0 Å². The smallest absolute Gasteiger partial charge is 0.281 e. The van der Waals surface area contributed by atoms with Gasteiger partial charge in [0.15, 0.2) is 12.6 Å². The molecule has 1 unspecified atom stereocenters. The van der Waals surface area contributed by atoms with E-state index in [4.69, 9.17) is 0 Å². The lowest BCUT2D eigenvalue weighted by molar-refractivity contribution is -0.886. The molecule has 138 valence electrons. The number of nitrogens with zero attached hydrogens (tertiary/aromatic N) is 1. The van der Waals surface area contributed by atoms with Crippen LogP contribution in [0.15, 0.2) is 24.3 Å². The molecule has 5 nitrogen and oxygen atoms in total. The maximum absolute atomic E-state index is 12.9. The summed E-state index contributed by atoms with van der Waals surface area (Å²) in [5.74, 6) is -0.431. The lowest BCUT2D eigenvalue weighted by Gasteiger charge is -2.40. The molecule has 1 aliphatic heterocycles. The molecule has 0 radical (unpaired) electrons. The number of carbonyl (C=O) groups excluding carboxylic acids is 2. The fraction of sp³-hybridized carbons (Fsp3) is 0.579. The molecule has 0 aliphatic carbocycles. The predicted molar refractivity (Wildman–Crippen MR) is 95.9 cm³/mol. The van der Waals surface area contributed by atoms with Crippen LogP contribution < -0.4 is 10.2 Å². The van der Waals surface area contributed by atoms with Crippen LogP contribution in [-0.4, -0.2) is 48.4 Å². The number of hydrogen-bond acceptors (Lipinski definition) is 2. The van der Waals surface area contributed by atoms with Crippen LogP contribution in [0.3, 0.4) is 0 Å². The minimum atomic E-state index is -0.343. The average molecular weight is 350 g/mol. The Morgan fingerprint density at radius 3 is 2.36 bits per heavy atom. The number of hydrogen-bond donors (Lipinski definition) is 2. The van der Waals surface area contributed by atoms with E-state index in [1.54, 1.807) is 0 Å². The third kappa shape index (κ3) is 5.01. The van der Waals surface area contributed by atoms with E-state index >= 15 is 0 Å². The number of nitrogens with one attached hydrogen (secondary N) is 2. The zero-order chi connectivity index (χ0) is 18.6. The molecule has 2 N–H and O–H groups in total. The zero-order valence-corrected chi connectivity index (χ0v) is 15.5. The molecule has 0 spiro atoms. The Hall–Kier alpha value is -1.95. The lowest BCUT2D eigenvalue weighted by Crippen LogP contribution is -3.15. The van der Waals surface area contributed by atoms with E-state index in [-0.39, 0.29) is 42.3 Å². The van der Waals surface area contributed by atoms with Gasteiger partial charge in [-0.3, -0.25) is 9.59 Å². The number of halogens is 1. The van der Waals surface area contributed by atoms with E-state index in [0.717, 1.165) is 24.2 Å². The molecular weight excluding hydrogens is 321 g/mol. The molecule has 1 aromatic rings. The molecule has 1 aromatic carbocycles. The van der Waals surface area contributed by atoms with E-state index in [1.807, 2.05) is 18.9 Å². The summed E-state index contributed by atoms with van der Waals surface area (Å²) in [5.41, 5.74) is 0.552. The second kappa shape index (κ2) is 8.43. The predicted octanol–water partition coefficient (Wildman–Crippen LogP) is 1.46. The van der Waals surface area contributed by atoms with Gasteiger partial charge in [0.2, 0.25) is 0 Å². The second-order valence-corrected chi connectivity index (χ2v) is 7.17. The van der Waals surface area contributed by atoms with Crippen molar-refractivity contribution in [3.63, 3.8) is 0 Å². The Bertz CT molecular complexity index is 595. The number of quaternary nitrogens is 1. The van der Waals surface area contributed by atoms with Crippen LogP contribution in [0.1, 0.15) is 40.0 Å². The van der Waals surface area contributed by atoms with Crippen LogP contribution in [-0.2, 0) is 9.59 Å². The van der Waals surface area contributed by atoms with Crippen molar-refractivity contribution in [3.8, 4) is 0 Å². The third-order valence-corrected chi connectivity index (χ3v) is 5.13. The summed E-state index contributed by atoms with van der Waals surface area (Å²) in [7, 11) is 1.85. The highest BCUT2D eigenvalue weighted by Gasteiger charge is 2.35. The Balaban J connectivity index is 1.92. The quantitative estimate of drug-likeness (QED) is 0.845. The first-order valence-electron chi connectivity index (χ1n) is 8.99. The van der Waals surface area contributed by atoms with Crippen molar-refractivity contribution in [2.45, 2.75) is 58.2 Å². The number of benzene rings is 1. The third-order valence-electron chi connectivity index (χ3n) is 5.13. The van der Waals surface area contributed by atoms with Gasteiger partial charge in [-0.1, -0.05) is 0 Å². The first-order chi connectivity index (χ1) is 11.8. The molecule has 6 heteroatoms. The minimum Gasteiger partial charge on any atom is -0.332 e. The van der Waals surface area contributed by atoms with Crippen LogP contribution in [0.2, 0.25) is 0 Å². The average Bonchev–Trinajstić information content (AvgIpc) is 2.55. The van der Waals surface area contributed by atoms with Crippen molar-refractivity contribution in [1.29, 1.82) is 0 Å². The van der Waals surface area contributed by atoms with E-state index in [2.05, 4.69) is 19.2 Å². The van der Waals surface area contributed by atoms with Gasteiger partial charge in [-0.05, 0) is 64.3 Å². The SMILES string of the molecule is C[C@@H]1CCC[C@H](C)N1C(=O)[C@@H](C)[NH+](C)CC(=O)Nc1ccc(F)cc1. The van der Waals surface area contributed by atoms with Crippen molar-refractivity contribution >= 4 is 17.5 Å². The molecule has 0 saturated carbocycles. The molecule has 2 rings (SSSR count). The first-order valence-corrected chi connectivity index (χ1v) is 8.99. The largest absolute Gasteiger partial charge is 0.332 e. The zero-order valence-electron chi connectivity index (χ0n) is 15.5. The number of amides is 2. The van der Waals surface area contributed by atoms with Gasteiger partial charge in [0, 0.05) is 17.8 Å². The Morgan fingerprint density at radius 1 is 1.24 bits per heavy atom. The van der Waals surface area contributed by atoms with Crippen molar-refractivity contribution < 1.29 is 18.9 Å². The Morgan fingerprint density at radius 2 is 1.80 bits per heavy atom. The second-order valence-electron chi connectivity index (χ2n) is 7.17. The van der Waals surface area contributed by atoms with Gasteiger partial charge in [-0.2, -0.15) is 0 Å². The molecule has 1 saturated heterocycles. The molecule has 25 heavy (non-hydrogen) atoms. The highest BCUT2D eigenvalue weighted by molar-refractivity contribution is 5.91. The number of likely N-dealkylation sites (tertiary alicyclic amines) is 1. The fourth-order valence-corrected chi connectivity index (χ4v) is 3.43. The summed E-state index contributed by atoms with van der Waals surface area (Å²) in [6.45, 7) is 6.24. The molecule has 1 heterocycles. The molecule has 2 amide bonds. The molecule has 1 aliphatic rings. The van der Waals surface area contributed by atoms with Crippen LogP contribution in [0.25, 0.3) is 0 Å². The highest BCUT2D eigenvalue weighted by atomic mass is 19.1. The van der Waals surface area contributed by atoms with Gasteiger partial charge in [-0.25, -0.2) is 4.39 Å². The van der Waals surface area contributed by atoms with Crippen LogP contribution in [0, 0.1) is 5.82 Å². The maximum Gasteiger partial charge on any atom is 0.281 e. The van der Waals surface area contributed by atoms with Gasteiger partial charge in [-0.15, -0.1) is 0 Å². The fourth-order valence-electron chi connectivity index (χ4n) is 3.43. The number of likely N-dealkylation sites (N-methyl/N-ethyl adjacent to an activating group) is 1. The van der Waals surface area contributed by atoms with Crippen molar-refractivity contribution in [2.75, 3.05) is 18.9 Å². The highest BCUT2D eigenvalue weighted by Crippen LogP contribution is 2.22. The van der Waals surface area contributed by atoms with Crippen LogP contribution in [0.4, 0.5) is 10.1 Å². The summed E-state index contributed by atoms with van der Waals surface area (Å²) in [4.78, 5) is 27.9.